The maximum absolute atomic E-state index is 13.2. The highest BCUT2D eigenvalue weighted by atomic mass is 32.1. The third-order valence-electron chi connectivity index (χ3n) is 6.16. The Hall–Kier alpha value is -2.94. The molecule has 0 saturated heterocycles. The molecule has 0 saturated carbocycles. The number of benzene rings is 1. The summed E-state index contributed by atoms with van der Waals surface area (Å²) in [6, 6.07) is 9.76. The summed E-state index contributed by atoms with van der Waals surface area (Å²) in [5.41, 5.74) is 0.815. The molecule has 2 rings (SSSR count). The SMILES string of the molecule is CC(=O)O[C@@H](C[C@H](C(C)C)N(C)C(=O)OC(C)(C)C)c1nc(C(=O)N[C@@H](Cc2ccccc2)CC(C)C)cs1. The first-order chi connectivity index (χ1) is 18.2. The number of amides is 2. The number of carbonyl (C=O) groups is 3. The Bertz CT molecular complexity index is 1080. The highest BCUT2D eigenvalue weighted by Gasteiger charge is 2.32. The molecule has 1 aromatic carbocycles. The molecule has 1 heterocycles. The maximum atomic E-state index is 13.2. The van der Waals surface area contributed by atoms with Crippen molar-refractivity contribution in [1.29, 1.82) is 0 Å². The summed E-state index contributed by atoms with van der Waals surface area (Å²) < 4.78 is 11.2. The summed E-state index contributed by atoms with van der Waals surface area (Å²) >= 11 is 1.27. The van der Waals surface area contributed by atoms with E-state index in [0.29, 0.717) is 17.3 Å². The third-order valence-corrected chi connectivity index (χ3v) is 7.10. The second-order valence-electron chi connectivity index (χ2n) is 11.8. The fraction of sp³-hybridized carbons (Fsp3) is 0.600. The van der Waals surface area contributed by atoms with Crippen LogP contribution in [0.3, 0.4) is 0 Å². The van der Waals surface area contributed by atoms with Crippen molar-refractivity contribution in [3.63, 3.8) is 0 Å². The minimum absolute atomic E-state index is 0.0397. The van der Waals surface area contributed by atoms with Crippen molar-refractivity contribution in [2.75, 3.05) is 7.05 Å². The number of ether oxygens (including phenoxy) is 2. The molecule has 0 aliphatic heterocycles. The van der Waals surface area contributed by atoms with Crippen LogP contribution in [0.15, 0.2) is 35.7 Å². The second-order valence-corrected chi connectivity index (χ2v) is 12.7. The topological polar surface area (TPSA) is 97.8 Å². The van der Waals surface area contributed by atoms with Crippen LogP contribution in [-0.2, 0) is 20.7 Å². The number of nitrogens with one attached hydrogen (secondary N) is 1. The maximum Gasteiger partial charge on any atom is 0.410 e. The van der Waals surface area contributed by atoms with Crippen LogP contribution in [0.25, 0.3) is 0 Å². The van der Waals surface area contributed by atoms with Crippen molar-refractivity contribution in [3.8, 4) is 0 Å². The molecular formula is C30H45N3O5S. The van der Waals surface area contributed by atoms with E-state index in [1.807, 2.05) is 52.8 Å². The zero-order valence-electron chi connectivity index (χ0n) is 24.8. The van der Waals surface area contributed by atoms with Crippen molar-refractivity contribution < 1.29 is 23.9 Å². The minimum atomic E-state index is -0.706. The Balaban J connectivity index is 2.22. The van der Waals surface area contributed by atoms with Gasteiger partial charge in [0.05, 0.1) is 0 Å². The Morgan fingerprint density at radius 2 is 1.69 bits per heavy atom. The standard InChI is InChI=1S/C30H45N3O5S/c1-19(2)15-23(16-22-13-11-10-12-14-22)31-27(35)24-18-39-28(32-24)26(37-21(5)34)17-25(20(3)4)33(9)29(36)38-30(6,7)8/h10-14,18-20,23,25-26H,15-17H2,1-9H3,(H,31,35)/t23-,25-,26+/m1/s1. The highest BCUT2D eigenvalue weighted by molar-refractivity contribution is 7.09. The van der Waals surface area contributed by atoms with E-state index in [2.05, 4.69) is 36.3 Å². The molecule has 0 spiro atoms. The molecule has 0 fully saturated rings. The fourth-order valence-corrected chi connectivity index (χ4v) is 5.27. The molecule has 1 N–H and O–H groups in total. The second kappa shape index (κ2) is 14.4. The van der Waals surface area contributed by atoms with Crippen LogP contribution in [0, 0.1) is 11.8 Å². The number of thiazole rings is 1. The summed E-state index contributed by atoms with van der Waals surface area (Å²) in [7, 11) is 1.69. The van der Waals surface area contributed by atoms with E-state index in [-0.39, 0.29) is 29.6 Å². The molecule has 9 heteroatoms. The number of esters is 1. The van der Waals surface area contributed by atoms with Crippen LogP contribution in [0.5, 0.6) is 0 Å². The van der Waals surface area contributed by atoms with Gasteiger partial charge in [-0.1, -0.05) is 58.0 Å². The van der Waals surface area contributed by atoms with Gasteiger partial charge in [0.15, 0.2) is 6.10 Å². The van der Waals surface area contributed by atoms with Crippen LogP contribution in [0.4, 0.5) is 4.79 Å². The summed E-state index contributed by atoms with van der Waals surface area (Å²) in [4.78, 5) is 44.1. The Labute approximate surface area is 237 Å². The van der Waals surface area contributed by atoms with Gasteiger partial charge in [0.25, 0.3) is 5.91 Å². The fourth-order valence-electron chi connectivity index (χ4n) is 4.43. The predicted molar refractivity (Wildman–Crippen MR) is 155 cm³/mol. The lowest BCUT2D eigenvalue weighted by atomic mass is 9.96. The molecule has 0 unspecified atom stereocenters. The Morgan fingerprint density at radius 3 is 2.23 bits per heavy atom. The quantitative estimate of drug-likeness (QED) is 0.302. The largest absolute Gasteiger partial charge is 0.455 e. The van der Waals surface area contributed by atoms with Crippen molar-refractivity contribution in [2.24, 2.45) is 11.8 Å². The first-order valence-corrected chi connectivity index (χ1v) is 14.5. The van der Waals surface area contributed by atoms with Gasteiger partial charge in [0, 0.05) is 37.9 Å². The summed E-state index contributed by atoms with van der Waals surface area (Å²) in [5, 5.41) is 5.36. The number of hydrogen-bond acceptors (Lipinski definition) is 7. The van der Waals surface area contributed by atoms with Crippen LogP contribution < -0.4 is 5.32 Å². The Kier molecular flexibility index (Phi) is 12.0. The summed E-state index contributed by atoms with van der Waals surface area (Å²) in [6.45, 7) is 15.1. The van der Waals surface area contributed by atoms with Crippen molar-refractivity contribution >= 4 is 29.3 Å². The molecule has 0 aliphatic carbocycles. The van der Waals surface area contributed by atoms with Gasteiger partial charge < -0.3 is 19.7 Å². The van der Waals surface area contributed by atoms with Gasteiger partial charge in [0.2, 0.25) is 0 Å². The zero-order chi connectivity index (χ0) is 29.3. The molecule has 0 bridgehead atoms. The van der Waals surface area contributed by atoms with Crippen molar-refractivity contribution in [1.82, 2.24) is 15.2 Å². The lowest BCUT2D eigenvalue weighted by molar-refractivity contribution is -0.147. The molecule has 8 nitrogen and oxygen atoms in total. The van der Waals surface area contributed by atoms with E-state index in [4.69, 9.17) is 9.47 Å². The molecule has 2 aromatic rings. The normalized spacial score (nSPS) is 14.0. The predicted octanol–water partition coefficient (Wildman–Crippen LogP) is 6.42. The van der Waals surface area contributed by atoms with Gasteiger partial charge >= 0.3 is 12.1 Å². The van der Waals surface area contributed by atoms with Crippen LogP contribution in [0.2, 0.25) is 0 Å². The number of aromatic nitrogens is 1. The molecule has 216 valence electrons. The van der Waals surface area contributed by atoms with Crippen molar-refractivity contribution in [2.45, 2.75) is 98.4 Å². The molecular weight excluding hydrogens is 514 g/mol. The van der Waals surface area contributed by atoms with Gasteiger partial charge in [-0.2, -0.15) is 0 Å². The summed E-state index contributed by atoms with van der Waals surface area (Å²) in [5.74, 6) is -0.248. The molecule has 0 radical (unpaired) electrons. The lowest BCUT2D eigenvalue weighted by Crippen LogP contribution is -2.44. The van der Waals surface area contributed by atoms with E-state index in [9.17, 15) is 14.4 Å². The third kappa shape index (κ3) is 11.0. The molecule has 1 aromatic heterocycles. The number of hydrogen-bond donors (Lipinski definition) is 1. The van der Waals surface area contributed by atoms with Gasteiger partial charge in [0.1, 0.15) is 16.3 Å². The van der Waals surface area contributed by atoms with E-state index >= 15 is 0 Å². The van der Waals surface area contributed by atoms with Gasteiger partial charge in [-0.15, -0.1) is 11.3 Å². The van der Waals surface area contributed by atoms with E-state index in [1.165, 1.54) is 18.3 Å². The van der Waals surface area contributed by atoms with Gasteiger partial charge in [-0.05, 0) is 51.0 Å². The highest BCUT2D eigenvalue weighted by Crippen LogP contribution is 2.31. The Morgan fingerprint density at radius 1 is 1.05 bits per heavy atom. The van der Waals surface area contributed by atoms with E-state index in [1.54, 1.807) is 17.3 Å². The van der Waals surface area contributed by atoms with E-state index in [0.717, 1.165) is 18.4 Å². The van der Waals surface area contributed by atoms with Gasteiger partial charge in [-0.3, -0.25) is 9.59 Å². The lowest BCUT2D eigenvalue weighted by Gasteiger charge is -2.34. The average molecular weight is 560 g/mol. The summed E-state index contributed by atoms with van der Waals surface area (Å²) in [6.07, 6.45) is 0.732. The number of nitrogens with zero attached hydrogens (tertiary/aromatic N) is 2. The molecule has 0 aliphatic rings. The zero-order valence-corrected chi connectivity index (χ0v) is 25.6. The van der Waals surface area contributed by atoms with Crippen LogP contribution in [0.1, 0.15) is 95.4 Å². The average Bonchev–Trinajstić information content (AvgIpc) is 3.30. The van der Waals surface area contributed by atoms with E-state index < -0.39 is 23.8 Å². The number of rotatable bonds is 12. The van der Waals surface area contributed by atoms with Gasteiger partial charge in [-0.25, -0.2) is 9.78 Å². The number of carbonyl (C=O) groups excluding carboxylic acids is 3. The van der Waals surface area contributed by atoms with Crippen LogP contribution >= 0.6 is 11.3 Å². The van der Waals surface area contributed by atoms with Crippen molar-refractivity contribution in [3.05, 3.63) is 52.0 Å². The first-order valence-electron chi connectivity index (χ1n) is 13.6. The monoisotopic (exact) mass is 559 g/mol. The smallest absolute Gasteiger partial charge is 0.410 e. The van der Waals surface area contributed by atoms with Crippen LogP contribution in [-0.4, -0.2) is 52.6 Å². The minimum Gasteiger partial charge on any atom is -0.455 e. The molecule has 2 amide bonds. The molecule has 3 atom stereocenters. The first kappa shape index (κ1) is 32.3. The molecule has 39 heavy (non-hydrogen) atoms.